The third-order valence-corrected chi connectivity index (χ3v) is 5.34. The van der Waals surface area contributed by atoms with E-state index in [0.717, 1.165) is 44.6 Å². The van der Waals surface area contributed by atoms with E-state index in [1.54, 1.807) is 6.20 Å². The van der Waals surface area contributed by atoms with Crippen LogP contribution in [-0.2, 0) is 19.5 Å². The lowest BCUT2D eigenvalue weighted by Gasteiger charge is -2.29. The number of nitrogens with one attached hydrogen (secondary N) is 1. The van der Waals surface area contributed by atoms with E-state index in [2.05, 4.69) is 44.4 Å². The molecule has 2 aromatic rings. The Morgan fingerprint density at radius 1 is 1.14 bits per heavy atom. The van der Waals surface area contributed by atoms with Gasteiger partial charge in [-0.1, -0.05) is 30.3 Å². The summed E-state index contributed by atoms with van der Waals surface area (Å²) in [5.74, 6) is 0. The van der Waals surface area contributed by atoms with Crippen LogP contribution in [0.3, 0.4) is 0 Å². The highest BCUT2D eigenvalue weighted by Crippen LogP contribution is 2.18. The molecule has 1 aliphatic rings. The van der Waals surface area contributed by atoms with Crippen LogP contribution < -0.4 is 5.32 Å². The van der Waals surface area contributed by atoms with E-state index in [1.165, 1.54) is 11.1 Å². The van der Waals surface area contributed by atoms with Gasteiger partial charge in [-0.3, -0.25) is 9.88 Å². The number of amides is 2. The SMILES string of the molecule is CN(C)CCN(Cc1cccnc1)C(=O)NCCCN1CCc2ccccc2C1. The average molecular weight is 396 g/mol. The van der Waals surface area contributed by atoms with Crippen molar-refractivity contribution in [2.24, 2.45) is 0 Å². The topological polar surface area (TPSA) is 51.7 Å². The Hall–Kier alpha value is -2.44. The summed E-state index contributed by atoms with van der Waals surface area (Å²) >= 11 is 0. The van der Waals surface area contributed by atoms with E-state index >= 15 is 0 Å². The lowest BCUT2D eigenvalue weighted by molar-refractivity contribution is 0.187. The fourth-order valence-corrected chi connectivity index (χ4v) is 3.64. The molecule has 0 spiro atoms. The Labute approximate surface area is 174 Å². The van der Waals surface area contributed by atoms with Gasteiger partial charge in [0.25, 0.3) is 0 Å². The van der Waals surface area contributed by atoms with Crippen LogP contribution in [0, 0.1) is 0 Å². The van der Waals surface area contributed by atoms with Crippen molar-refractivity contribution in [3.63, 3.8) is 0 Å². The smallest absolute Gasteiger partial charge is 0.317 e. The van der Waals surface area contributed by atoms with Crippen molar-refractivity contribution in [1.82, 2.24) is 25.0 Å². The maximum Gasteiger partial charge on any atom is 0.317 e. The van der Waals surface area contributed by atoms with Crippen molar-refractivity contribution in [3.8, 4) is 0 Å². The van der Waals surface area contributed by atoms with Crippen LogP contribution in [0.5, 0.6) is 0 Å². The number of likely N-dealkylation sites (N-methyl/N-ethyl adjacent to an activating group) is 1. The normalized spacial score (nSPS) is 13.9. The van der Waals surface area contributed by atoms with Gasteiger partial charge < -0.3 is 15.1 Å². The van der Waals surface area contributed by atoms with Crippen LogP contribution in [0.2, 0.25) is 0 Å². The second-order valence-electron chi connectivity index (χ2n) is 7.97. The van der Waals surface area contributed by atoms with Crippen molar-refractivity contribution in [2.45, 2.75) is 25.9 Å². The number of hydrogen-bond donors (Lipinski definition) is 1. The maximum atomic E-state index is 12.7. The minimum Gasteiger partial charge on any atom is -0.338 e. The number of benzene rings is 1. The standard InChI is InChI=1S/C23H33N5O/c1-26(2)15-16-28(18-20-7-5-11-24-17-20)23(29)25-12-6-13-27-14-10-21-8-3-4-9-22(21)19-27/h3-5,7-9,11,17H,6,10,12-16,18-19H2,1-2H3,(H,25,29). The van der Waals surface area contributed by atoms with Gasteiger partial charge in [-0.15, -0.1) is 0 Å². The fraction of sp³-hybridized carbons (Fsp3) is 0.478. The van der Waals surface area contributed by atoms with Gasteiger partial charge in [0.05, 0.1) is 0 Å². The Bertz CT molecular complexity index is 765. The quantitative estimate of drug-likeness (QED) is 0.663. The minimum atomic E-state index is -0.000284. The number of aromatic nitrogens is 1. The van der Waals surface area contributed by atoms with E-state index in [0.29, 0.717) is 19.6 Å². The number of fused-ring (bicyclic) bond motifs is 1. The van der Waals surface area contributed by atoms with Crippen LogP contribution in [0.1, 0.15) is 23.1 Å². The number of carbonyl (C=O) groups excluding carboxylic acids is 1. The Morgan fingerprint density at radius 3 is 2.72 bits per heavy atom. The van der Waals surface area contributed by atoms with Gasteiger partial charge in [-0.25, -0.2) is 4.79 Å². The molecule has 0 fully saturated rings. The van der Waals surface area contributed by atoms with Gasteiger partial charge in [0.1, 0.15) is 0 Å². The van der Waals surface area contributed by atoms with Gasteiger partial charge in [-0.2, -0.15) is 0 Å². The Kier molecular flexibility index (Phi) is 8.02. The van der Waals surface area contributed by atoms with Gasteiger partial charge >= 0.3 is 6.03 Å². The van der Waals surface area contributed by atoms with Crippen LogP contribution >= 0.6 is 0 Å². The molecule has 6 heteroatoms. The highest BCUT2D eigenvalue weighted by molar-refractivity contribution is 5.74. The molecule has 3 rings (SSSR count). The highest BCUT2D eigenvalue weighted by Gasteiger charge is 2.16. The molecule has 0 bridgehead atoms. The predicted molar refractivity (Wildman–Crippen MR) is 117 cm³/mol. The molecular weight excluding hydrogens is 362 g/mol. The molecule has 0 saturated heterocycles. The van der Waals surface area contributed by atoms with Crippen molar-refractivity contribution in [1.29, 1.82) is 0 Å². The molecule has 0 atom stereocenters. The zero-order valence-corrected chi connectivity index (χ0v) is 17.7. The number of pyridine rings is 1. The van der Waals surface area contributed by atoms with Crippen LogP contribution in [-0.4, -0.2) is 72.5 Å². The van der Waals surface area contributed by atoms with E-state index in [1.807, 2.05) is 37.3 Å². The zero-order chi connectivity index (χ0) is 20.5. The first-order valence-electron chi connectivity index (χ1n) is 10.5. The third kappa shape index (κ3) is 6.84. The molecule has 2 amide bonds. The molecule has 29 heavy (non-hydrogen) atoms. The lowest BCUT2D eigenvalue weighted by Crippen LogP contribution is -2.43. The van der Waals surface area contributed by atoms with Gasteiger partial charge in [-0.05, 0) is 49.7 Å². The first kappa shape index (κ1) is 21.3. The number of rotatable bonds is 9. The summed E-state index contributed by atoms with van der Waals surface area (Å²) in [6, 6.07) is 12.6. The number of hydrogen-bond acceptors (Lipinski definition) is 4. The summed E-state index contributed by atoms with van der Waals surface area (Å²) in [4.78, 5) is 23.3. The van der Waals surface area contributed by atoms with Crippen molar-refractivity contribution < 1.29 is 4.79 Å². The number of carbonyl (C=O) groups is 1. The Morgan fingerprint density at radius 2 is 1.97 bits per heavy atom. The molecule has 0 aliphatic carbocycles. The fourth-order valence-electron chi connectivity index (χ4n) is 3.64. The summed E-state index contributed by atoms with van der Waals surface area (Å²) < 4.78 is 0. The van der Waals surface area contributed by atoms with Gasteiger partial charge in [0.2, 0.25) is 0 Å². The molecule has 0 saturated carbocycles. The number of urea groups is 1. The average Bonchev–Trinajstić information content (AvgIpc) is 2.74. The van der Waals surface area contributed by atoms with E-state index < -0.39 is 0 Å². The first-order valence-corrected chi connectivity index (χ1v) is 10.5. The van der Waals surface area contributed by atoms with Crippen molar-refractivity contribution in [2.75, 3.05) is 46.8 Å². The third-order valence-electron chi connectivity index (χ3n) is 5.34. The monoisotopic (exact) mass is 395 g/mol. The van der Waals surface area contributed by atoms with Crippen molar-refractivity contribution >= 4 is 6.03 Å². The molecule has 1 aromatic carbocycles. The zero-order valence-electron chi connectivity index (χ0n) is 17.7. The van der Waals surface area contributed by atoms with Gasteiger partial charge in [0, 0.05) is 58.2 Å². The summed E-state index contributed by atoms with van der Waals surface area (Å²) in [5.41, 5.74) is 3.96. The predicted octanol–water partition coefficient (Wildman–Crippen LogP) is 2.60. The second-order valence-corrected chi connectivity index (χ2v) is 7.97. The second kappa shape index (κ2) is 10.9. The summed E-state index contributed by atoms with van der Waals surface area (Å²) in [6.45, 7) is 5.92. The largest absolute Gasteiger partial charge is 0.338 e. The molecule has 1 aliphatic heterocycles. The first-order chi connectivity index (χ1) is 14.1. The van der Waals surface area contributed by atoms with E-state index in [-0.39, 0.29) is 6.03 Å². The minimum absolute atomic E-state index is 0.000284. The lowest BCUT2D eigenvalue weighted by atomic mass is 10.00. The summed E-state index contributed by atoms with van der Waals surface area (Å²) in [5, 5.41) is 3.11. The van der Waals surface area contributed by atoms with Crippen LogP contribution in [0.4, 0.5) is 4.79 Å². The molecule has 1 aromatic heterocycles. The highest BCUT2D eigenvalue weighted by atomic mass is 16.2. The molecule has 0 unspecified atom stereocenters. The van der Waals surface area contributed by atoms with Crippen molar-refractivity contribution in [3.05, 3.63) is 65.5 Å². The molecule has 2 heterocycles. The van der Waals surface area contributed by atoms with Crippen LogP contribution in [0.25, 0.3) is 0 Å². The molecule has 1 N–H and O–H groups in total. The molecule has 6 nitrogen and oxygen atoms in total. The van der Waals surface area contributed by atoms with Gasteiger partial charge in [0.15, 0.2) is 0 Å². The van der Waals surface area contributed by atoms with Crippen LogP contribution in [0.15, 0.2) is 48.8 Å². The molecule has 0 radical (unpaired) electrons. The maximum absolute atomic E-state index is 12.7. The molecular formula is C23H33N5O. The summed E-state index contributed by atoms with van der Waals surface area (Å²) in [6.07, 6.45) is 5.66. The van der Waals surface area contributed by atoms with E-state index in [9.17, 15) is 4.79 Å². The molecule has 156 valence electrons. The number of nitrogens with zero attached hydrogens (tertiary/aromatic N) is 4. The Balaban J connectivity index is 1.43. The summed E-state index contributed by atoms with van der Waals surface area (Å²) in [7, 11) is 4.05. The van der Waals surface area contributed by atoms with E-state index in [4.69, 9.17) is 0 Å².